The standard InChI is InChI=1S/C21H26N2O2/c1-13-9-14(2)20(15(3)10-13)22-19(24)12-23(4)18-11-16-7-5-6-8-17(16)21(18)25/h5-10,18,21,25H,11-12H2,1-4H3,(H,22,24). The van der Waals surface area contributed by atoms with E-state index < -0.39 is 6.10 Å². The molecule has 0 saturated heterocycles. The van der Waals surface area contributed by atoms with E-state index in [4.69, 9.17) is 0 Å². The number of carbonyl (C=O) groups excluding carboxylic acids is 1. The lowest BCUT2D eigenvalue weighted by Gasteiger charge is -2.27. The number of benzene rings is 2. The van der Waals surface area contributed by atoms with Crippen LogP contribution in [0.2, 0.25) is 0 Å². The normalized spacial score (nSPS) is 19.1. The monoisotopic (exact) mass is 338 g/mol. The molecule has 0 bridgehead atoms. The number of carbonyl (C=O) groups is 1. The maximum Gasteiger partial charge on any atom is 0.238 e. The Kier molecular flexibility index (Phi) is 4.93. The number of nitrogens with one attached hydrogen (secondary N) is 1. The maximum absolute atomic E-state index is 12.5. The summed E-state index contributed by atoms with van der Waals surface area (Å²) in [6.45, 7) is 6.33. The Bertz CT molecular complexity index is 777. The molecule has 0 saturated carbocycles. The molecule has 132 valence electrons. The second-order valence-electron chi connectivity index (χ2n) is 7.15. The molecular formula is C21H26N2O2. The Morgan fingerprint density at radius 1 is 1.20 bits per heavy atom. The number of aliphatic hydroxyl groups excluding tert-OH is 1. The van der Waals surface area contributed by atoms with Gasteiger partial charge in [0, 0.05) is 11.7 Å². The molecule has 2 atom stereocenters. The summed E-state index contributed by atoms with van der Waals surface area (Å²) in [5.41, 5.74) is 6.36. The summed E-state index contributed by atoms with van der Waals surface area (Å²) < 4.78 is 0. The molecule has 2 unspecified atom stereocenters. The Labute approximate surface area is 149 Å². The third kappa shape index (κ3) is 3.60. The molecule has 2 N–H and O–H groups in total. The zero-order chi connectivity index (χ0) is 18.1. The number of likely N-dealkylation sites (N-methyl/N-ethyl adjacent to an activating group) is 1. The number of fused-ring (bicyclic) bond motifs is 1. The van der Waals surface area contributed by atoms with Gasteiger partial charge in [-0.15, -0.1) is 0 Å². The Morgan fingerprint density at radius 3 is 2.48 bits per heavy atom. The maximum atomic E-state index is 12.5. The van der Waals surface area contributed by atoms with Crippen LogP contribution in [0.5, 0.6) is 0 Å². The molecule has 2 aromatic rings. The molecule has 0 spiro atoms. The van der Waals surface area contributed by atoms with Crippen LogP contribution >= 0.6 is 0 Å². The molecular weight excluding hydrogens is 312 g/mol. The van der Waals surface area contributed by atoms with Gasteiger partial charge in [0.05, 0.1) is 12.6 Å². The molecule has 4 nitrogen and oxygen atoms in total. The van der Waals surface area contributed by atoms with Gasteiger partial charge in [0.15, 0.2) is 0 Å². The van der Waals surface area contributed by atoms with Crippen molar-refractivity contribution in [1.82, 2.24) is 4.90 Å². The molecule has 0 aromatic heterocycles. The van der Waals surface area contributed by atoms with Gasteiger partial charge in [-0.2, -0.15) is 0 Å². The van der Waals surface area contributed by atoms with Crippen LogP contribution in [0, 0.1) is 20.8 Å². The first-order valence-corrected chi connectivity index (χ1v) is 8.70. The summed E-state index contributed by atoms with van der Waals surface area (Å²) in [5, 5.41) is 13.6. The highest BCUT2D eigenvalue weighted by molar-refractivity contribution is 5.93. The van der Waals surface area contributed by atoms with E-state index in [9.17, 15) is 9.90 Å². The van der Waals surface area contributed by atoms with Crippen molar-refractivity contribution in [2.45, 2.75) is 39.3 Å². The number of anilines is 1. The first-order chi connectivity index (χ1) is 11.9. The van der Waals surface area contributed by atoms with Crippen LogP contribution in [0.25, 0.3) is 0 Å². The average molecular weight is 338 g/mol. The van der Waals surface area contributed by atoms with Gasteiger partial charge < -0.3 is 10.4 Å². The fraction of sp³-hybridized carbons (Fsp3) is 0.381. The molecule has 25 heavy (non-hydrogen) atoms. The number of nitrogens with zero attached hydrogens (tertiary/aromatic N) is 1. The summed E-state index contributed by atoms with van der Waals surface area (Å²) in [6.07, 6.45) is 0.223. The van der Waals surface area contributed by atoms with Crippen LogP contribution in [-0.4, -0.2) is 35.5 Å². The number of amides is 1. The van der Waals surface area contributed by atoms with Gasteiger partial charge in [-0.3, -0.25) is 9.69 Å². The van der Waals surface area contributed by atoms with Crippen LogP contribution in [-0.2, 0) is 11.2 Å². The fourth-order valence-corrected chi connectivity index (χ4v) is 3.85. The van der Waals surface area contributed by atoms with Crippen molar-refractivity contribution in [2.24, 2.45) is 0 Å². The molecule has 1 aliphatic carbocycles. The summed E-state index contributed by atoms with van der Waals surface area (Å²) >= 11 is 0. The first kappa shape index (κ1) is 17.6. The second kappa shape index (κ2) is 6.98. The largest absolute Gasteiger partial charge is 0.387 e. The number of rotatable bonds is 4. The van der Waals surface area contributed by atoms with Gasteiger partial charge in [0.25, 0.3) is 0 Å². The molecule has 0 fully saturated rings. The lowest BCUT2D eigenvalue weighted by atomic mass is 10.1. The van der Waals surface area contributed by atoms with Crippen molar-refractivity contribution in [1.29, 1.82) is 0 Å². The first-order valence-electron chi connectivity index (χ1n) is 8.70. The number of hydrogen-bond acceptors (Lipinski definition) is 3. The number of aryl methyl sites for hydroxylation is 3. The Balaban J connectivity index is 1.66. The predicted octanol–water partition coefficient (Wildman–Crippen LogP) is 3.14. The predicted molar refractivity (Wildman–Crippen MR) is 101 cm³/mol. The summed E-state index contributed by atoms with van der Waals surface area (Å²) in [6, 6.07) is 12.0. The number of hydrogen-bond donors (Lipinski definition) is 2. The van der Waals surface area contributed by atoms with Crippen LogP contribution in [0.4, 0.5) is 5.69 Å². The van der Waals surface area contributed by atoms with E-state index in [1.54, 1.807) is 0 Å². The summed E-state index contributed by atoms with van der Waals surface area (Å²) in [7, 11) is 1.90. The van der Waals surface area contributed by atoms with Crippen molar-refractivity contribution in [3.8, 4) is 0 Å². The summed E-state index contributed by atoms with van der Waals surface area (Å²) in [4.78, 5) is 14.5. The molecule has 4 heteroatoms. The highest BCUT2D eigenvalue weighted by atomic mass is 16.3. The lowest BCUT2D eigenvalue weighted by molar-refractivity contribution is -0.118. The molecule has 0 heterocycles. The number of aliphatic hydroxyl groups is 1. The second-order valence-corrected chi connectivity index (χ2v) is 7.15. The smallest absolute Gasteiger partial charge is 0.238 e. The van der Waals surface area contributed by atoms with E-state index in [-0.39, 0.29) is 18.5 Å². The van der Waals surface area contributed by atoms with Gasteiger partial charge in [-0.05, 0) is 56.5 Å². The van der Waals surface area contributed by atoms with E-state index in [0.29, 0.717) is 0 Å². The summed E-state index contributed by atoms with van der Waals surface area (Å²) in [5.74, 6) is -0.0549. The van der Waals surface area contributed by atoms with E-state index in [2.05, 4.69) is 24.4 Å². The van der Waals surface area contributed by atoms with Crippen LogP contribution < -0.4 is 5.32 Å². The third-order valence-corrected chi connectivity index (χ3v) is 5.07. The van der Waals surface area contributed by atoms with Crippen LogP contribution in [0.1, 0.15) is 33.9 Å². The molecule has 3 rings (SSSR count). The van der Waals surface area contributed by atoms with E-state index in [1.165, 1.54) is 5.56 Å². The fourth-order valence-electron chi connectivity index (χ4n) is 3.85. The van der Waals surface area contributed by atoms with E-state index >= 15 is 0 Å². The topological polar surface area (TPSA) is 52.6 Å². The SMILES string of the molecule is Cc1cc(C)c(NC(=O)CN(C)C2Cc3ccccc3C2O)c(C)c1. The van der Waals surface area contributed by atoms with Crippen molar-refractivity contribution in [3.63, 3.8) is 0 Å². The lowest BCUT2D eigenvalue weighted by Crippen LogP contribution is -2.40. The van der Waals surface area contributed by atoms with Gasteiger partial charge in [-0.25, -0.2) is 0 Å². The molecule has 1 amide bonds. The van der Waals surface area contributed by atoms with Crippen LogP contribution in [0.3, 0.4) is 0 Å². The average Bonchev–Trinajstić information content (AvgIpc) is 2.88. The molecule has 1 aliphatic rings. The van der Waals surface area contributed by atoms with Gasteiger partial charge >= 0.3 is 0 Å². The molecule has 2 aromatic carbocycles. The highest BCUT2D eigenvalue weighted by Gasteiger charge is 2.33. The zero-order valence-corrected chi connectivity index (χ0v) is 15.3. The Morgan fingerprint density at radius 2 is 1.84 bits per heavy atom. The van der Waals surface area contributed by atoms with E-state index in [0.717, 1.165) is 34.4 Å². The van der Waals surface area contributed by atoms with Gasteiger partial charge in [-0.1, -0.05) is 42.0 Å². The van der Waals surface area contributed by atoms with Gasteiger partial charge in [0.2, 0.25) is 5.91 Å². The minimum Gasteiger partial charge on any atom is -0.387 e. The molecule has 0 aliphatic heterocycles. The van der Waals surface area contributed by atoms with Gasteiger partial charge in [0.1, 0.15) is 0 Å². The molecule has 0 radical (unpaired) electrons. The minimum absolute atomic E-state index is 0.0549. The van der Waals surface area contributed by atoms with Crippen molar-refractivity contribution >= 4 is 11.6 Å². The zero-order valence-electron chi connectivity index (χ0n) is 15.3. The van der Waals surface area contributed by atoms with Crippen LogP contribution in [0.15, 0.2) is 36.4 Å². The third-order valence-electron chi connectivity index (χ3n) is 5.07. The Hall–Kier alpha value is -2.17. The highest BCUT2D eigenvalue weighted by Crippen LogP contribution is 2.33. The quantitative estimate of drug-likeness (QED) is 0.900. The van der Waals surface area contributed by atoms with Crippen molar-refractivity contribution in [2.75, 3.05) is 18.9 Å². The van der Waals surface area contributed by atoms with Crippen molar-refractivity contribution in [3.05, 3.63) is 64.2 Å². The minimum atomic E-state index is -0.545. The van der Waals surface area contributed by atoms with Crippen molar-refractivity contribution < 1.29 is 9.90 Å². The van der Waals surface area contributed by atoms with E-state index in [1.807, 2.05) is 50.1 Å².